The summed E-state index contributed by atoms with van der Waals surface area (Å²) in [4.78, 5) is 0. The minimum absolute atomic E-state index is 0.160. The fourth-order valence-electron chi connectivity index (χ4n) is 2.24. The molecule has 0 unspecified atom stereocenters. The van der Waals surface area contributed by atoms with Crippen LogP contribution in [0.1, 0.15) is 24.0 Å². The fraction of sp³-hybridized carbons (Fsp3) is 0.444. The van der Waals surface area contributed by atoms with Crippen LogP contribution < -0.4 is 11.5 Å². The molecule has 0 aliphatic heterocycles. The van der Waals surface area contributed by atoms with Crippen LogP contribution in [0.15, 0.2) is 48.5 Å². The van der Waals surface area contributed by atoms with E-state index in [1.807, 2.05) is 6.07 Å². The number of hydrogen-bond acceptors (Lipinski definition) is 4. The molecular formula is C18H28N2S2. The van der Waals surface area contributed by atoms with E-state index >= 15 is 0 Å². The minimum Gasteiger partial charge on any atom is -0.327 e. The van der Waals surface area contributed by atoms with Crippen LogP contribution in [-0.2, 0) is 12.8 Å². The van der Waals surface area contributed by atoms with Gasteiger partial charge in [0, 0.05) is 12.1 Å². The molecule has 1 aromatic rings. The summed E-state index contributed by atoms with van der Waals surface area (Å²) in [6.45, 7) is 0. The van der Waals surface area contributed by atoms with Gasteiger partial charge in [0.25, 0.3) is 0 Å². The first-order valence-electron chi connectivity index (χ1n) is 7.79. The third-order valence-corrected chi connectivity index (χ3v) is 3.98. The summed E-state index contributed by atoms with van der Waals surface area (Å²) in [6, 6.07) is 17.1. The first-order chi connectivity index (χ1) is 10.7. The molecule has 0 saturated heterocycles. The summed E-state index contributed by atoms with van der Waals surface area (Å²) in [5.41, 5.74) is 14.7. The van der Waals surface area contributed by atoms with E-state index in [1.165, 1.54) is 11.1 Å². The Labute approximate surface area is 145 Å². The molecule has 0 spiro atoms. The molecule has 0 bridgehead atoms. The van der Waals surface area contributed by atoms with Crippen LogP contribution in [0.5, 0.6) is 0 Å². The Kier molecular flexibility index (Phi) is 10.4. The average molecular weight is 337 g/mol. The van der Waals surface area contributed by atoms with E-state index in [4.69, 9.17) is 11.5 Å². The van der Waals surface area contributed by atoms with Crippen molar-refractivity contribution in [3.05, 3.63) is 59.7 Å². The third-order valence-electron chi connectivity index (χ3n) is 3.46. The largest absolute Gasteiger partial charge is 0.327 e. The lowest BCUT2D eigenvalue weighted by atomic mass is 10.0. The van der Waals surface area contributed by atoms with Crippen molar-refractivity contribution < 1.29 is 0 Å². The standard InChI is InChI=1S/C18H28N2S2/c19-17(9-11-21)13-15-5-2-1-3-6-16(8-4-7-15)14-18(20)10-12-22/h1-8,17-18,21-22H,9-14,19-20H2/t17-,18-/m0/s1. The van der Waals surface area contributed by atoms with Gasteiger partial charge in [0.1, 0.15) is 0 Å². The SMILES string of the molecule is N[C@@H](CCS)Cc1cccccc(C[C@@H](N)CCS)ccc1. The lowest BCUT2D eigenvalue weighted by Gasteiger charge is -2.09. The van der Waals surface area contributed by atoms with Crippen LogP contribution in [0.4, 0.5) is 0 Å². The van der Waals surface area contributed by atoms with E-state index < -0.39 is 0 Å². The molecule has 1 aromatic carbocycles. The second kappa shape index (κ2) is 11.8. The summed E-state index contributed by atoms with van der Waals surface area (Å²) >= 11 is 8.48. The van der Waals surface area contributed by atoms with Gasteiger partial charge in [0.15, 0.2) is 0 Å². The highest BCUT2D eigenvalue weighted by Gasteiger charge is 2.02. The molecule has 1 rings (SSSR count). The monoisotopic (exact) mass is 336 g/mol. The van der Waals surface area contributed by atoms with E-state index in [2.05, 4.69) is 67.7 Å². The van der Waals surface area contributed by atoms with Gasteiger partial charge < -0.3 is 11.5 Å². The van der Waals surface area contributed by atoms with Gasteiger partial charge in [-0.25, -0.2) is 0 Å². The molecule has 0 saturated carbocycles. The van der Waals surface area contributed by atoms with E-state index in [-0.39, 0.29) is 12.1 Å². The highest BCUT2D eigenvalue weighted by atomic mass is 32.1. The topological polar surface area (TPSA) is 52.0 Å². The molecule has 0 aliphatic carbocycles. The van der Waals surface area contributed by atoms with Crippen molar-refractivity contribution in [1.29, 1.82) is 0 Å². The van der Waals surface area contributed by atoms with Crippen molar-refractivity contribution in [2.24, 2.45) is 11.5 Å². The Balaban J connectivity index is 2.88. The summed E-state index contributed by atoms with van der Waals surface area (Å²) < 4.78 is 0. The van der Waals surface area contributed by atoms with Crippen LogP contribution in [0.2, 0.25) is 0 Å². The van der Waals surface area contributed by atoms with Gasteiger partial charge in [-0.15, -0.1) is 0 Å². The Morgan fingerprint density at radius 3 is 1.50 bits per heavy atom. The number of nitrogens with two attached hydrogens (primary N) is 2. The van der Waals surface area contributed by atoms with Crippen molar-refractivity contribution in [2.45, 2.75) is 37.8 Å². The number of thiol groups is 2. The second-order valence-corrected chi connectivity index (χ2v) is 6.43. The van der Waals surface area contributed by atoms with Gasteiger partial charge in [0.05, 0.1) is 0 Å². The van der Waals surface area contributed by atoms with Crippen molar-refractivity contribution >= 4 is 25.3 Å². The molecule has 2 nitrogen and oxygen atoms in total. The smallest absolute Gasteiger partial charge is 0.00870 e. The fourth-order valence-corrected chi connectivity index (χ4v) is 2.91. The van der Waals surface area contributed by atoms with Crippen molar-refractivity contribution in [3.8, 4) is 0 Å². The lowest BCUT2D eigenvalue weighted by molar-refractivity contribution is 0.652. The van der Waals surface area contributed by atoms with Gasteiger partial charge in [-0.05, 0) is 48.3 Å². The second-order valence-electron chi connectivity index (χ2n) is 5.54. The van der Waals surface area contributed by atoms with Crippen LogP contribution in [-0.4, -0.2) is 23.6 Å². The van der Waals surface area contributed by atoms with Gasteiger partial charge in [0.2, 0.25) is 0 Å². The van der Waals surface area contributed by atoms with E-state index in [9.17, 15) is 0 Å². The molecule has 0 aromatic heterocycles. The Morgan fingerprint density at radius 2 is 1.09 bits per heavy atom. The highest BCUT2D eigenvalue weighted by molar-refractivity contribution is 7.80. The normalized spacial score (nSPS) is 13.3. The maximum absolute atomic E-state index is 6.10. The zero-order chi connectivity index (χ0) is 16.2. The lowest BCUT2D eigenvalue weighted by Crippen LogP contribution is -2.23. The molecule has 0 radical (unpaired) electrons. The summed E-state index contributed by atoms with van der Waals surface area (Å²) in [5.74, 6) is 1.65. The molecule has 22 heavy (non-hydrogen) atoms. The predicted octanol–water partition coefficient (Wildman–Crippen LogP) is 3.19. The number of hydrogen-bond donors (Lipinski definition) is 4. The molecule has 122 valence electrons. The molecule has 0 aliphatic rings. The summed E-state index contributed by atoms with van der Waals surface area (Å²) in [5, 5.41) is 0. The van der Waals surface area contributed by atoms with Crippen LogP contribution in [0.25, 0.3) is 0 Å². The molecule has 4 heteroatoms. The molecule has 0 amide bonds. The summed E-state index contributed by atoms with van der Waals surface area (Å²) in [6.07, 6.45) is 3.59. The van der Waals surface area contributed by atoms with Crippen LogP contribution in [0.3, 0.4) is 0 Å². The van der Waals surface area contributed by atoms with E-state index in [0.29, 0.717) is 0 Å². The quantitative estimate of drug-likeness (QED) is 0.551. The van der Waals surface area contributed by atoms with E-state index in [1.54, 1.807) is 0 Å². The van der Waals surface area contributed by atoms with Crippen molar-refractivity contribution in [1.82, 2.24) is 0 Å². The first kappa shape index (κ1) is 19.4. The highest BCUT2D eigenvalue weighted by Crippen LogP contribution is 2.06. The predicted molar refractivity (Wildman–Crippen MR) is 104 cm³/mol. The van der Waals surface area contributed by atoms with Gasteiger partial charge in [-0.1, -0.05) is 48.5 Å². The van der Waals surface area contributed by atoms with Crippen molar-refractivity contribution in [3.63, 3.8) is 0 Å². The Bertz CT molecular complexity index is 439. The first-order valence-corrected chi connectivity index (χ1v) is 9.06. The van der Waals surface area contributed by atoms with Crippen LogP contribution in [0, 0.1) is 0 Å². The molecular weight excluding hydrogens is 308 g/mol. The van der Waals surface area contributed by atoms with Crippen LogP contribution >= 0.6 is 25.3 Å². The Morgan fingerprint density at radius 1 is 0.682 bits per heavy atom. The molecule has 0 heterocycles. The summed E-state index contributed by atoms with van der Waals surface area (Å²) in [7, 11) is 0. The average Bonchev–Trinajstić information content (AvgIpc) is 2.47. The zero-order valence-electron chi connectivity index (χ0n) is 13.1. The molecule has 2 atom stereocenters. The maximum atomic E-state index is 6.10. The number of rotatable bonds is 8. The maximum Gasteiger partial charge on any atom is 0.00870 e. The zero-order valence-corrected chi connectivity index (χ0v) is 14.9. The minimum atomic E-state index is 0.160. The Hall–Kier alpha value is -0.680. The van der Waals surface area contributed by atoms with Gasteiger partial charge in [-0.2, -0.15) is 25.3 Å². The molecule has 4 N–H and O–H groups in total. The van der Waals surface area contributed by atoms with E-state index in [0.717, 1.165) is 37.2 Å². The van der Waals surface area contributed by atoms with Crippen molar-refractivity contribution in [2.75, 3.05) is 11.5 Å². The third kappa shape index (κ3) is 8.69. The molecule has 0 fully saturated rings. The van der Waals surface area contributed by atoms with Gasteiger partial charge in [-0.3, -0.25) is 0 Å². The van der Waals surface area contributed by atoms with Gasteiger partial charge >= 0.3 is 0 Å².